The van der Waals surface area contributed by atoms with E-state index in [4.69, 9.17) is 16.3 Å². The molecule has 4 rings (SSSR count). The molecular weight excluding hydrogens is 468 g/mol. The second kappa shape index (κ2) is 11.1. The van der Waals surface area contributed by atoms with Crippen molar-refractivity contribution >= 4 is 34.8 Å². The number of carbonyl (C=O) groups excluding carboxylic acids is 2. The molecule has 1 aliphatic heterocycles. The zero-order valence-electron chi connectivity index (χ0n) is 19.4. The number of halogens is 1. The summed E-state index contributed by atoms with van der Waals surface area (Å²) in [5.41, 5.74) is 1.72. The van der Waals surface area contributed by atoms with Gasteiger partial charge in [0.05, 0.1) is 6.04 Å². The third-order valence-corrected chi connectivity index (χ3v) is 7.60. The number of hydrogen-bond donors (Lipinski definition) is 0. The Morgan fingerprint density at radius 3 is 2.59 bits per heavy atom. The van der Waals surface area contributed by atoms with Crippen LogP contribution in [0.5, 0.6) is 5.75 Å². The first-order valence-corrected chi connectivity index (χ1v) is 12.8. The Hall–Kier alpha value is -2.83. The Morgan fingerprint density at radius 2 is 1.88 bits per heavy atom. The number of ether oxygens (including phenoxy) is 1. The summed E-state index contributed by atoms with van der Waals surface area (Å²) in [7, 11) is 0. The molecule has 7 heteroatoms. The van der Waals surface area contributed by atoms with Crippen molar-refractivity contribution in [1.29, 1.82) is 0 Å². The zero-order valence-corrected chi connectivity index (χ0v) is 21.0. The molecule has 0 aliphatic carbocycles. The van der Waals surface area contributed by atoms with E-state index in [0.29, 0.717) is 29.5 Å². The van der Waals surface area contributed by atoms with E-state index in [1.807, 2.05) is 49.1 Å². The van der Waals surface area contributed by atoms with Crippen LogP contribution in [0, 0.1) is 0 Å². The topological polar surface area (TPSA) is 49.9 Å². The van der Waals surface area contributed by atoms with E-state index in [0.717, 1.165) is 18.4 Å². The van der Waals surface area contributed by atoms with Gasteiger partial charge in [-0.3, -0.25) is 9.59 Å². The zero-order chi connectivity index (χ0) is 24.1. The van der Waals surface area contributed by atoms with Crippen molar-refractivity contribution in [2.75, 3.05) is 19.7 Å². The summed E-state index contributed by atoms with van der Waals surface area (Å²) >= 11 is 7.71. The monoisotopic (exact) mass is 496 g/mol. The van der Waals surface area contributed by atoms with Crippen LogP contribution < -0.4 is 4.74 Å². The highest BCUT2D eigenvalue weighted by molar-refractivity contribution is 7.10. The van der Waals surface area contributed by atoms with Crippen LogP contribution >= 0.6 is 22.9 Å². The van der Waals surface area contributed by atoms with E-state index >= 15 is 0 Å². The van der Waals surface area contributed by atoms with Crippen molar-refractivity contribution in [1.82, 2.24) is 9.80 Å². The van der Waals surface area contributed by atoms with Gasteiger partial charge < -0.3 is 14.5 Å². The standard InChI is InChI=1S/C27H29ClN2O3S/c1-3-19(2)30(27(32)20-7-5-4-6-8-20)17-26(31)29-15-13-25-23(14-16-34-25)24(29)18-33-22-11-9-21(28)10-12-22/h4-12,14,16,19,24H,3,13,15,17-18H2,1-2H3. The SMILES string of the molecule is CCC(C)N(CC(=O)N1CCc2sccc2C1COc1ccc(Cl)cc1)C(=O)c1ccccc1. The normalized spacial score (nSPS) is 16.0. The molecule has 0 saturated carbocycles. The van der Waals surface area contributed by atoms with Crippen LogP contribution in [0.15, 0.2) is 66.0 Å². The minimum atomic E-state index is -0.205. The predicted octanol–water partition coefficient (Wildman–Crippen LogP) is 5.85. The van der Waals surface area contributed by atoms with Crippen LogP contribution in [0.2, 0.25) is 5.02 Å². The molecule has 2 aromatic carbocycles. The number of benzene rings is 2. The Morgan fingerprint density at radius 1 is 1.15 bits per heavy atom. The predicted molar refractivity (Wildman–Crippen MR) is 137 cm³/mol. The summed E-state index contributed by atoms with van der Waals surface area (Å²) in [6.07, 6.45) is 1.58. The summed E-state index contributed by atoms with van der Waals surface area (Å²) in [4.78, 5) is 31.7. The van der Waals surface area contributed by atoms with Crippen molar-refractivity contribution < 1.29 is 14.3 Å². The molecule has 0 N–H and O–H groups in total. The van der Waals surface area contributed by atoms with Crippen molar-refractivity contribution in [3.8, 4) is 5.75 Å². The second-order valence-corrected chi connectivity index (χ2v) is 9.91. The Bertz CT molecular complexity index is 1120. The lowest BCUT2D eigenvalue weighted by Gasteiger charge is -2.38. The van der Waals surface area contributed by atoms with Gasteiger partial charge in [-0.25, -0.2) is 0 Å². The Kier molecular flexibility index (Phi) is 7.91. The maximum atomic E-state index is 13.6. The molecule has 0 spiro atoms. The van der Waals surface area contributed by atoms with E-state index in [-0.39, 0.29) is 30.4 Å². The molecule has 34 heavy (non-hydrogen) atoms. The lowest BCUT2D eigenvalue weighted by molar-refractivity contribution is -0.136. The van der Waals surface area contributed by atoms with Crippen molar-refractivity contribution in [2.24, 2.45) is 0 Å². The fraction of sp³-hybridized carbons (Fsp3) is 0.333. The Balaban J connectivity index is 1.54. The van der Waals surface area contributed by atoms with Gasteiger partial charge in [0, 0.05) is 28.0 Å². The molecule has 0 saturated heterocycles. The molecule has 1 aromatic heterocycles. The fourth-order valence-corrected chi connectivity index (χ4v) is 5.27. The van der Waals surface area contributed by atoms with E-state index in [2.05, 4.69) is 11.4 Å². The van der Waals surface area contributed by atoms with Gasteiger partial charge in [0.2, 0.25) is 5.91 Å². The van der Waals surface area contributed by atoms with Crippen molar-refractivity contribution in [2.45, 2.75) is 38.8 Å². The number of amides is 2. The summed E-state index contributed by atoms with van der Waals surface area (Å²) in [6.45, 7) is 5.01. The molecular formula is C27H29ClN2O3S. The van der Waals surface area contributed by atoms with Gasteiger partial charge >= 0.3 is 0 Å². The van der Waals surface area contributed by atoms with Crippen LogP contribution in [0.25, 0.3) is 0 Å². The maximum absolute atomic E-state index is 13.6. The molecule has 0 bridgehead atoms. The molecule has 1 aliphatic rings. The van der Waals surface area contributed by atoms with Gasteiger partial charge in [-0.15, -0.1) is 11.3 Å². The fourth-order valence-electron chi connectivity index (χ4n) is 4.21. The molecule has 5 nitrogen and oxygen atoms in total. The summed E-state index contributed by atoms with van der Waals surface area (Å²) in [6, 6.07) is 18.2. The minimum Gasteiger partial charge on any atom is -0.491 e. The first-order valence-electron chi connectivity index (χ1n) is 11.6. The number of fused-ring (bicyclic) bond motifs is 1. The van der Waals surface area contributed by atoms with Gasteiger partial charge in [-0.05, 0) is 73.2 Å². The van der Waals surface area contributed by atoms with Crippen LogP contribution in [0.4, 0.5) is 0 Å². The smallest absolute Gasteiger partial charge is 0.254 e. The van der Waals surface area contributed by atoms with Crippen molar-refractivity contribution in [3.63, 3.8) is 0 Å². The molecule has 0 radical (unpaired) electrons. The molecule has 178 valence electrons. The molecule has 0 fully saturated rings. The maximum Gasteiger partial charge on any atom is 0.254 e. The van der Waals surface area contributed by atoms with Crippen molar-refractivity contribution in [3.05, 3.63) is 87.1 Å². The number of carbonyl (C=O) groups is 2. The van der Waals surface area contributed by atoms with E-state index in [1.54, 1.807) is 40.5 Å². The van der Waals surface area contributed by atoms with E-state index in [1.165, 1.54) is 4.88 Å². The van der Waals surface area contributed by atoms with Crippen LogP contribution in [0.1, 0.15) is 47.1 Å². The van der Waals surface area contributed by atoms with Crippen LogP contribution in [-0.2, 0) is 11.2 Å². The van der Waals surface area contributed by atoms with E-state index in [9.17, 15) is 9.59 Å². The lowest BCUT2D eigenvalue weighted by Crippen LogP contribution is -2.49. The quantitative estimate of drug-likeness (QED) is 0.393. The summed E-state index contributed by atoms with van der Waals surface area (Å²) < 4.78 is 6.07. The molecule has 2 unspecified atom stereocenters. The van der Waals surface area contributed by atoms with E-state index < -0.39 is 0 Å². The first kappa shape index (κ1) is 24.3. The summed E-state index contributed by atoms with van der Waals surface area (Å²) in [5, 5.41) is 2.72. The first-order chi connectivity index (χ1) is 16.5. The largest absolute Gasteiger partial charge is 0.491 e. The molecule has 2 amide bonds. The van der Waals surface area contributed by atoms with Crippen LogP contribution in [0.3, 0.4) is 0 Å². The minimum absolute atomic E-state index is 0.0413. The lowest BCUT2D eigenvalue weighted by atomic mass is 10.00. The summed E-state index contributed by atoms with van der Waals surface area (Å²) in [5.74, 6) is 0.524. The molecule has 2 atom stereocenters. The number of thiophene rings is 1. The highest BCUT2D eigenvalue weighted by Gasteiger charge is 2.34. The van der Waals surface area contributed by atoms with Gasteiger partial charge in [0.25, 0.3) is 5.91 Å². The third kappa shape index (κ3) is 5.45. The number of nitrogens with zero attached hydrogens (tertiary/aromatic N) is 2. The van der Waals surface area contributed by atoms with Crippen LogP contribution in [-0.4, -0.2) is 47.4 Å². The average Bonchev–Trinajstić information content (AvgIpc) is 3.35. The highest BCUT2D eigenvalue weighted by Crippen LogP contribution is 2.34. The number of rotatable bonds is 8. The molecule has 3 aromatic rings. The number of hydrogen-bond acceptors (Lipinski definition) is 4. The van der Waals surface area contributed by atoms with Gasteiger partial charge in [0.1, 0.15) is 18.9 Å². The highest BCUT2D eigenvalue weighted by atomic mass is 35.5. The van der Waals surface area contributed by atoms with Gasteiger partial charge in [0.15, 0.2) is 0 Å². The van der Waals surface area contributed by atoms with Gasteiger partial charge in [-0.1, -0.05) is 36.7 Å². The third-order valence-electron chi connectivity index (χ3n) is 6.35. The van der Waals surface area contributed by atoms with Gasteiger partial charge in [-0.2, -0.15) is 0 Å². The average molecular weight is 497 g/mol. The second-order valence-electron chi connectivity index (χ2n) is 8.47. The molecule has 2 heterocycles. The Labute approximate surface area is 209 Å².